The summed E-state index contributed by atoms with van der Waals surface area (Å²) in [6, 6.07) is 32.0. The van der Waals surface area contributed by atoms with E-state index >= 15 is 0 Å². The van der Waals surface area contributed by atoms with E-state index in [2.05, 4.69) is 78.2 Å². The van der Waals surface area contributed by atoms with Gasteiger partial charge < -0.3 is 4.57 Å². The number of rotatable bonds is 3. The van der Waals surface area contributed by atoms with E-state index in [0.717, 1.165) is 39.8 Å². The first-order chi connectivity index (χ1) is 15.7. The molecule has 2 heterocycles. The van der Waals surface area contributed by atoms with Gasteiger partial charge in [0.25, 0.3) is 0 Å². The first-order valence-electron chi connectivity index (χ1n) is 10.9. The van der Waals surface area contributed by atoms with Crippen molar-refractivity contribution >= 4 is 32.7 Å². The van der Waals surface area contributed by atoms with Crippen molar-refractivity contribution in [3.63, 3.8) is 0 Å². The van der Waals surface area contributed by atoms with Crippen LogP contribution in [0.2, 0.25) is 0 Å². The Hall–Kier alpha value is -3.98. The normalized spacial score (nSPS) is 11.6. The average molecular weight is 416 g/mol. The fraction of sp³-hybridized carbons (Fsp3) is 0.0690. The lowest BCUT2D eigenvalue weighted by molar-refractivity contribution is 0.628. The maximum absolute atomic E-state index is 13.5. The Morgan fingerprint density at radius 3 is 2.25 bits per heavy atom. The number of hydrogen-bond donors (Lipinski definition) is 0. The number of para-hydroxylation sites is 1. The Bertz CT molecular complexity index is 1600. The third kappa shape index (κ3) is 2.82. The van der Waals surface area contributed by atoms with Crippen LogP contribution in [0, 0.1) is 5.82 Å². The molecule has 2 aromatic heterocycles. The maximum Gasteiger partial charge on any atom is 0.123 e. The van der Waals surface area contributed by atoms with Crippen molar-refractivity contribution in [3.05, 3.63) is 103 Å². The monoisotopic (exact) mass is 416 g/mol. The predicted octanol–water partition coefficient (Wildman–Crippen LogP) is 7.84. The molecule has 0 aliphatic rings. The van der Waals surface area contributed by atoms with Gasteiger partial charge in [-0.3, -0.25) is 0 Å². The van der Waals surface area contributed by atoms with E-state index in [1.165, 1.54) is 33.9 Å². The molecular formula is C29H21FN2. The molecule has 6 rings (SSSR count). The van der Waals surface area contributed by atoms with Crippen LogP contribution in [0.25, 0.3) is 55.1 Å². The minimum absolute atomic E-state index is 0.244. The van der Waals surface area contributed by atoms with E-state index in [0.29, 0.717) is 0 Å². The van der Waals surface area contributed by atoms with Gasteiger partial charge in [0, 0.05) is 39.3 Å². The van der Waals surface area contributed by atoms with Crippen molar-refractivity contribution < 1.29 is 4.39 Å². The lowest BCUT2D eigenvalue weighted by Gasteiger charge is -2.12. The number of pyridine rings is 1. The van der Waals surface area contributed by atoms with Crippen molar-refractivity contribution in [3.8, 4) is 22.4 Å². The van der Waals surface area contributed by atoms with Gasteiger partial charge in [-0.1, -0.05) is 48.5 Å². The summed E-state index contributed by atoms with van der Waals surface area (Å²) in [4.78, 5) is 5.02. The highest BCUT2D eigenvalue weighted by molar-refractivity contribution is 6.24. The summed E-state index contributed by atoms with van der Waals surface area (Å²) in [6.45, 7) is 3.08. The molecule has 4 aromatic carbocycles. The molecule has 32 heavy (non-hydrogen) atoms. The topological polar surface area (TPSA) is 17.8 Å². The summed E-state index contributed by atoms with van der Waals surface area (Å²) >= 11 is 0. The van der Waals surface area contributed by atoms with Crippen LogP contribution >= 0.6 is 0 Å². The van der Waals surface area contributed by atoms with Gasteiger partial charge in [0.1, 0.15) is 5.82 Å². The van der Waals surface area contributed by atoms with Crippen LogP contribution in [-0.4, -0.2) is 9.55 Å². The lowest BCUT2D eigenvalue weighted by atomic mass is 9.95. The van der Waals surface area contributed by atoms with Gasteiger partial charge in [0.15, 0.2) is 0 Å². The molecule has 0 amide bonds. The number of aryl methyl sites for hydroxylation is 1. The fourth-order valence-corrected chi connectivity index (χ4v) is 4.82. The molecule has 0 aliphatic carbocycles. The summed E-state index contributed by atoms with van der Waals surface area (Å²) in [5.41, 5.74) is 7.42. The van der Waals surface area contributed by atoms with Crippen LogP contribution in [0.1, 0.15) is 6.92 Å². The van der Waals surface area contributed by atoms with E-state index in [4.69, 9.17) is 4.98 Å². The Morgan fingerprint density at radius 1 is 0.719 bits per heavy atom. The van der Waals surface area contributed by atoms with Crippen LogP contribution in [-0.2, 0) is 6.54 Å². The molecule has 0 fully saturated rings. The molecule has 2 nitrogen and oxygen atoms in total. The zero-order chi connectivity index (χ0) is 21.7. The van der Waals surface area contributed by atoms with Crippen molar-refractivity contribution in [1.29, 1.82) is 0 Å². The van der Waals surface area contributed by atoms with Gasteiger partial charge in [-0.05, 0) is 66.6 Å². The molecule has 0 bridgehead atoms. The summed E-state index contributed by atoms with van der Waals surface area (Å²) in [5, 5.41) is 3.63. The van der Waals surface area contributed by atoms with E-state index in [9.17, 15) is 4.39 Å². The molecule has 0 saturated carbocycles. The van der Waals surface area contributed by atoms with Crippen LogP contribution in [0.4, 0.5) is 4.39 Å². The molecule has 0 N–H and O–H groups in total. The number of hydrogen-bond acceptors (Lipinski definition) is 1. The SMILES string of the molecule is CCn1c2ccccc2c2c3c(-c4ccccc4)cc(-c4ccc(F)cc4)nc3ccc21. The minimum Gasteiger partial charge on any atom is -0.341 e. The molecular weight excluding hydrogens is 395 g/mol. The van der Waals surface area contributed by atoms with Crippen molar-refractivity contribution in [2.45, 2.75) is 13.5 Å². The van der Waals surface area contributed by atoms with Gasteiger partial charge >= 0.3 is 0 Å². The average Bonchev–Trinajstić information content (AvgIpc) is 3.18. The summed E-state index contributed by atoms with van der Waals surface area (Å²) in [7, 11) is 0. The zero-order valence-corrected chi connectivity index (χ0v) is 17.7. The molecule has 3 heteroatoms. The lowest BCUT2D eigenvalue weighted by Crippen LogP contribution is -1.94. The highest BCUT2D eigenvalue weighted by Gasteiger charge is 2.17. The van der Waals surface area contributed by atoms with Gasteiger partial charge in [-0.25, -0.2) is 9.37 Å². The van der Waals surface area contributed by atoms with Gasteiger partial charge in [-0.2, -0.15) is 0 Å². The minimum atomic E-state index is -0.244. The van der Waals surface area contributed by atoms with E-state index in [1.807, 2.05) is 6.07 Å². The Kier molecular flexibility index (Phi) is 4.29. The smallest absolute Gasteiger partial charge is 0.123 e. The third-order valence-corrected chi connectivity index (χ3v) is 6.25. The highest BCUT2D eigenvalue weighted by Crippen LogP contribution is 2.40. The molecule has 0 saturated heterocycles. The van der Waals surface area contributed by atoms with E-state index in [1.54, 1.807) is 12.1 Å². The highest BCUT2D eigenvalue weighted by atomic mass is 19.1. The summed E-state index contributed by atoms with van der Waals surface area (Å²) < 4.78 is 15.9. The molecule has 0 spiro atoms. The van der Waals surface area contributed by atoms with Gasteiger partial charge in [0.2, 0.25) is 0 Å². The standard InChI is InChI=1S/C29H21FN2/c1-2-32-26-11-7-6-10-22(26)29-27(32)17-16-24-28(29)23(19-8-4-3-5-9-19)18-25(31-24)20-12-14-21(30)15-13-20/h3-18H,2H2,1H3. The second-order valence-corrected chi connectivity index (χ2v) is 8.04. The van der Waals surface area contributed by atoms with Crippen molar-refractivity contribution in [2.24, 2.45) is 0 Å². The number of fused-ring (bicyclic) bond motifs is 5. The van der Waals surface area contributed by atoms with Gasteiger partial charge in [0.05, 0.1) is 11.2 Å². The zero-order valence-electron chi connectivity index (χ0n) is 17.7. The first kappa shape index (κ1) is 18.8. The number of benzene rings is 4. The molecule has 0 radical (unpaired) electrons. The van der Waals surface area contributed by atoms with Gasteiger partial charge in [-0.15, -0.1) is 0 Å². The quantitative estimate of drug-likeness (QED) is 0.287. The summed E-state index contributed by atoms with van der Waals surface area (Å²) in [6.07, 6.45) is 0. The van der Waals surface area contributed by atoms with Crippen LogP contribution in [0.3, 0.4) is 0 Å². The molecule has 154 valence electrons. The van der Waals surface area contributed by atoms with Crippen molar-refractivity contribution in [2.75, 3.05) is 0 Å². The van der Waals surface area contributed by atoms with Crippen LogP contribution < -0.4 is 0 Å². The maximum atomic E-state index is 13.5. The Balaban J connectivity index is 1.79. The second-order valence-electron chi connectivity index (χ2n) is 8.04. The van der Waals surface area contributed by atoms with Crippen LogP contribution in [0.5, 0.6) is 0 Å². The second kappa shape index (κ2) is 7.31. The number of aromatic nitrogens is 2. The molecule has 0 unspecified atom stereocenters. The van der Waals surface area contributed by atoms with Crippen LogP contribution in [0.15, 0.2) is 97.1 Å². The van der Waals surface area contributed by atoms with E-state index in [-0.39, 0.29) is 5.82 Å². The molecule has 0 atom stereocenters. The molecule has 6 aromatic rings. The third-order valence-electron chi connectivity index (χ3n) is 6.25. The molecule has 0 aliphatic heterocycles. The Labute approximate surface area is 185 Å². The Morgan fingerprint density at radius 2 is 1.47 bits per heavy atom. The summed E-state index contributed by atoms with van der Waals surface area (Å²) in [5.74, 6) is -0.244. The number of nitrogens with zero attached hydrogens (tertiary/aromatic N) is 2. The largest absolute Gasteiger partial charge is 0.341 e. The first-order valence-corrected chi connectivity index (χ1v) is 10.9. The number of halogens is 1. The van der Waals surface area contributed by atoms with Crippen molar-refractivity contribution in [1.82, 2.24) is 9.55 Å². The van der Waals surface area contributed by atoms with E-state index < -0.39 is 0 Å². The predicted molar refractivity (Wildman–Crippen MR) is 131 cm³/mol. The fourth-order valence-electron chi connectivity index (χ4n) is 4.82.